The third-order valence-corrected chi connectivity index (χ3v) is 4.25. The summed E-state index contributed by atoms with van der Waals surface area (Å²) >= 11 is 0. The number of H-pyrrole nitrogens is 1. The van der Waals surface area contributed by atoms with Crippen molar-refractivity contribution in [1.82, 2.24) is 15.5 Å². The largest absolute Gasteiger partial charge is 0.312 e. The van der Waals surface area contributed by atoms with Crippen molar-refractivity contribution in [2.75, 3.05) is 6.54 Å². The molecule has 3 nitrogen and oxygen atoms in total. The van der Waals surface area contributed by atoms with Crippen LogP contribution in [0.5, 0.6) is 0 Å². The van der Waals surface area contributed by atoms with Crippen LogP contribution in [0.15, 0.2) is 0 Å². The number of rotatable bonds is 5. The summed E-state index contributed by atoms with van der Waals surface area (Å²) in [6.07, 6.45) is 5.53. The molecule has 90 valence electrons. The van der Waals surface area contributed by atoms with E-state index in [4.69, 9.17) is 0 Å². The van der Waals surface area contributed by atoms with Gasteiger partial charge < -0.3 is 5.32 Å². The van der Waals surface area contributed by atoms with Gasteiger partial charge in [-0.25, -0.2) is 0 Å². The maximum atomic E-state index is 4.22. The summed E-state index contributed by atoms with van der Waals surface area (Å²) in [6.45, 7) is 8.59. The van der Waals surface area contributed by atoms with Crippen LogP contribution in [0.4, 0.5) is 0 Å². The van der Waals surface area contributed by atoms with Crippen molar-refractivity contribution in [3.8, 4) is 0 Å². The van der Waals surface area contributed by atoms with Crippen molar-refractivity contribution < 1.29 is 0 Å². The molecule has 0 aliphatic heterocycles. The van der Waals surface area contributed by atoms with Gasteiger partial charge in [0.1, 0.15) is 0 Å². The number of hydrogen-bond donors (Lipinski definition) is 2. The van der Waals surface area contributed by atoms with Crippen LogP contribution in [0, 0.1) is 19.3 Å². The highest BCUT2D eigenvalue weighted by Gasteiger charge is 2.34. The lowest BCUT2D eigenvalue weighted by atomic mass is 9.67. The third kappa shape index (κ3) is 2.14. The van der Waals surface area contributed by atoms with Gasteiger partial charge in [0.15, 0.2) is 0 Å². The molecular weight excluding hydrogens is 198 g/mol. The van der Waals surface area contributed by atoms with Crippen molar-refractivity contribution >= 4 is 0 Å². The number of hydrogen-bond acceptors (Lipinski definition) is 2. The molecular formula is C13H23N3. The monoisotopic (exact) mass is 221 g/mol. The van der Waals surface area contributed by atoms with E-state index in [1.165, 1.54) is 36.9 Å². The van der Waals surface area contributed by atoms with Gasteiger partial charge in [0, 0.05) is 24.3 Å². The first kappa shape index (κ1) is 11.6. The van der Waals surface area contributed by atoms with Crippen molar-refractivity contribution in [2.24, 2.45) is 5.41 Å². The number of nitrogens with one attached hydrogen (secondary N) is 2. The zero-order valence-electron chi connectivity index (χ0n) is 10.7. The van der Waals surface area contributed by atoms with Gasteiger partial charge in [-0.3, -0.25) is 5.10 Å². The molecule has 1 aliphatic carbocycles. The van der Waals surface area contributed by atoms with Crippen LogP contribution in [0.3, 0.4) is 0 Å². The molecule has 1 aliphatic rings. The predicted octanol–water partition coefficient (Wildman–Crippen LogP) is 2.70. The van der Waals surface area contributed by atoms with Crippen molar-refractivity contribution in [3.63, 3.8) is 0 Å². The van der Waals surface area contributed by atoms with Gasteiger partial charge >= 0.3 is 0 Å². The van der Waals surface area contributed by atoms with Crippen molar-refractivity contribution in [2.45, 2.75) is 53.0 Å². The molecule has 16 heavy (non-hydrogen) atoms. The molecule has 2 rings (SSSR count). The fourth-order valence-corrected chi connectivity index (χ4v) is 2.62. The molecule has 1 aromatic rings. The third-order valence-electron chi connectivity index (χ3n) is 4.25. The van der Waals surface area contributed by atoms with Gasteiger partial charge in [-0.15, -0.1) is 0 Å². The van der Waals surface area contributed by atoms with Crippen molar-refractivity contribution in [3.05, 3.63) is 17.0 Å². The smallest absolute Gasteiger partial charge is 0.0638 e. The summed E-state index contributed by atoms with van der Waals surface area (Å²) in [5, 5.41) is 10.9. The maximum Gasteiger partial charge on any atom is 0.0638 e. The molecule has 0 bridgehead atoms. The standard InChI is InChI=1S/C13H23N3/c1-4-13(6-5-7-13)9-14-8-12-10(2)15-16-11(12)3/h14H,4-9H2,1-3H3,(H,15,16). The van der Waals surface area contributed by atoms with E-state index in [0.717, 1.165) is 18.8 Å². The molecule has 0 aromatic carbocycles. The van der Waals surface area contributed by atoms with Gasteiger partial charge in [-0.1, -0.05) is 13.3 Å². The molecule has 2 N–H and O–H groups in total. The Bertz CT molecular complexity index is 325. The summed E-state index contributed by atoms with van der Waals surface area (Å²) < 4.78 is 0. The van der Waals surface area contributed by atoms with Crippen LogP contribution in [0.25, 0.3) is 0 Å². The molecule has 0 radical (unpaired) electrons. The summed E-state index contributed by atoms with van der Waals surface area (Å²) in [6, 6.07) is 0. The highest BCUT2D eigenvalue weighted by atomic mass is 15.1. The van der Waals surface area contributed by atoms with Gasteiger partial charge in [0.2, 0.25) is 0 Å². The number of aromatic nitrogens is 2. The quantitative estimate of drug-likeness (QED) is 0.802. The van der Waals surface area contributed by atoms with E-state index in [9.17, 15) is 0 Å². The molecule has 1 saturated carbocycles. The minimum atomic E-state index is 0.603. The van der Waals surface area contributed by atoms with E-state index in [1.807, 2.05) is 0 Å². The lowest BCUT2D eigenvalue weighted by molar-refractivity contribution is 0.124. The molecule has 1 heterocycles. The van der Waals surface area contributed by atoms with Crippen molar-refractivity contribution in [1.29, 1.82) is 0 Å². The van der Waals surface area contributed by atoms with Gasteiger partial charge in [-0.05, 0) is 38.5 Å². The highest BCUT2D eigenvalue weighted by Crippen LogP contribution is 2.43. The number of aromatic amines is 1. The fraction of sp³-hybridized carbons (Fsp3) is 0.769. The Balaban J connectivity index is 1.84. The van der Waals surface area contributed by atoms with Crippen LogP contribution in [-0.4, -0.2) is 16.7 Å². The summed E-state index contributed by atoms with van der Waals surface area (Å²) in [4.78, 5) is 0. The summed E-state index contributed by atoms with van der Waals surface area (Å²) in [7, 11) is 0. The Morgan fingerprint density at radius 2 is 2.12 bits per heavy atom. The number of nitrogens with zero attached hydrogens (tertiary/aromatic N) is 1. The first-order valence-electron chi connectivity index (χ1n) is 6.38. The molecule has 0 spiro atoms. The molecule has 0 amide bonds. The minimum Gasteiger partial charge on any atom is -0.312 e. The second-order valence-corrected chi connectivity index (χ2v) is 5.22. The average molecular weight is 221 g/mol. The number of aryl methyl sites for hydroxylation is 2. The Hall–Kier alpha value is -0.830. The zero-order chi connectivity index (χ0) is 11.6. The molecule has 1 fully saturated rings. The SMILES string of the molecule is CCC1(CNCc2c(C)n[nH]c2C)CCC1. The lowest BCUT2D eigenvalue weighted by Gasteiger charge is -2.41. The fourth-order valence-electron chi connectivity index (χ4n) is 2.62. The Morgan fingerprint density at radius 1 is 1.38 bits per heavy atom. The normalized spacial score (nSPS) is 18.4. The van der Waals surface area contributed by atoms with E-state index in [-0.39, 0.29) is 0 Å². The van der Waals surface area contributed by atoms with Gasteiger partial charge in [-0.2, -0.15) is 5.10 Å². The molecule has 1 aromatic heterocycles. The van der Waals surface area contributed by atoms with Gasteiger partial charge in [0.25, 0.3) is 0 Å². The van der Waals surface area contributed by atoms with Gasteiger partial charge in [0.05, 0.1) is 5.69 Å². The molecule has 3 heteroatoms. The first-order valence-corrected chi connectivity index (χ1v) is 6.38. The van der Waals surface area contributed by atoms with Crippen LogP contribution in [-0.2, 0) is 6.54 Å². The van der Waals surface area contributed by atoms with E-state index in [1.54, 1.807) is 0 Å². The molecule has 0 saturated heterocycles. The zero-order valence-corrected chi connectivity index (χ0v) is 10.7. The first-order chi connectivity index (χ1) is 7.67. The van der Waals surface area contributed by atoms with Crippen LogP contribution in [0.1, 0.15) is 49.6 Å². The Kier molecular flexibility index (Phi) is 3.33. The summed E-state index contributed by atoms with van der Waals surface area (Å²) in [5.74, 6) is 0. The van der Waals surface area contributed by atoms with E-state index >= 15 is 0 Å². The topological polar surface area (TPSA) is 40.7 Å². The van der Waals surface area contributed by atoms with Crippen LogP contribution < -0.4 is 5.32 Å². The minimum absolute atomic E-state index is 0.603. The predicted molar refractivity (Wildman–Crippen MR) is 66.3 cm³/mol. The molecule has 0 atom stereocenters. The van der Waals surface area contributed by atoms with E-state index in [0.29, 0.717) is 5.41 Å². The van der Waals surface area contributed by atoms with E-state index < -0.39 is 0 Å². The van der Waals surface area contributed by atoms with Crippen LogP contribution >= 0.6 is 0 Å². The Morgan fingerprint density at radius 3 is 2.56 bits per heavy atom. The second kappa shape index (κ2) is 4.58. The average Bonchev–Trinajstić information content (AvgIpc) is 2.53. The lowest BCUT2D eigenvalue weighted by Crippen LogP contribution is -2.39. The molecule has 0 unspecified atom stereocenters. The highest BCUT2D eigenvalue weighted by molar-refractivity contribution is 5.22. The van der Waals surface area contributed by atoms with E-state index in [2.05, 4.69) is 36.3 Å². The summed E-state index contributed by atoms with van der Waals surface area (Å²) in [5.41, 5.74) is 4.27. The van der Waals surface area contributed by atoms with Crippen LogP contribution in [0.2, 0.25) is 0 Å². The Labute approximate surface area is 98.0 Å². The second-order valence-electron chi connectivity index (χ2n) is 5.22. The maximum absolute atomic E-state index is 4.22.